The second-order valence-corrected chi connectivity index (χ2v) is 23.8. The van der Waals surface area contributed by atoms with E-state index in [-0.39, 0.29) is 20.1 Å². The molecule has 1 radical (unpaired) electrons. The first-order valence-electron chi connectivity index (χ1n) is 15.9. The summed E-state index contributed by atoms with van der Waals surface area (Å²) in [4.78, 5) is 9.24. The van der Waals surface area contributed by atoms with Crippen LogP contribution in [0.15, 0.2) is 114 Å². The van der Waals surface area contributed by atoms with Crippen molar-refractivity contribution in [1.29, 1.82) is 0 Å². The molecule has 0 aliphatic rings. The molecule has 3 aromatic heterocycles. The zero-order valence-electron chi connectivity index (χ0n) is 28.1. The maximum Gasteiger partial charge on any atom is 0 e. The van der Waals surface area contributed by atoms with Crippen molar-refractivity contribution in [3.8, 4) is 33.6 Å². The van der Waals surface area contributed by atoms with E-state index < -0.39 is 13.3 Å². The van der Waals surface area contributed by atoms with E-state index in [2.05, 4.69) is 146 Å². The fraction of sp³-hybridized carbons (Fsp3) is 0.190. The molecule has 239 valence electrons. The second kappa shape index (κ2) is 14.5. The number of hydrogen-bond acceptors (Lipinski definition) is 3. The molecule has 5 heteroatoms. The Morgan fingerprint density at radius 3 is 2.13 bits per heavy atom. The summed E-state index contributed by atoms with van der Waals surface area (Å²) in [6.45, 7) is 8.69. The molecule has 0 spiro atoms. The van der Waals surface area contributed by atoms with E-state index in [0.717, 1.165) is 50.0 Å². The molecule has 0 bridgehead atoms. The summed E-state index contributed by atoms with van der Waals surface area (Å²) in [5, 5.41) is 2.21. The van der Waals surface area contributed by atoms with Crippen molar-refractivity contribution in [2.24, 2.45) is 0 Å². The van der Waals surface area contributed by atoms with Crippen molar-refractivity contribution in [3.63, 3.8) is 0 Å². The summed E-state index contributed by atoms with van der Waals surface area (Å²) >= 11 is -1.79. The molecule has 0 saturated heterocycles. The van der Waals surface area contributed by atoms with Crippen LogP contribution >= 0.6 is 0 Å². The molecule has 7 rings (SSSR count). The number of pyridine rings is 2. The van der Waals surface area contributed by atoms with E-state index in [1.165, 1.54) is 26.6 Å². The minimum Gasteiger partial charge on any atom is 0 e. The predicted octanol–water partition coefficient (Wildman–Crippen LogP) is 10.9. The molecule has 0 atom stereocenters. The molecule has 4 aromatic carbocycles. The first-order chi connectivity index (χ1) is 22.1. The molecule has 0 aliphatic heterocycles. The standard InChI is InChI=1S/C26H20NO.C16H20GeN.Ir/c1-17(2)19-13-14-27-24(15-19)23-10-6-9-22-21-12-11-20(16-25(21)28-26(22)23)18-7-4-3-5-8-18;1-12-8-6-7-9-14(12)16-10-13(2)15(11-18-16)17(3,4)5;/h3-9,11-17H,1-2H3;6-8,10-11H,1-5H3;/q2*-1;. The van der Waals surface area contributed by atoms with Crippen LogP contribution in [0.1, 0.15) is 36.5 Å². The number of furan rings is 1. The van der Waals surface area contributed by atoms with E-state index in [9.17, 15) is 0 Å². The van der Waals surface area contributed by atoms with Crippen LogP contribution in [0.5, 0.6) is 0 Å². The number of hydrogen-bond donors (Lipinski definition) is 0. The number of aryl methyl sites for hydroxylation is 2. The van der Waals surface area contributed by atoms with Gasteiger partial charge in [0.05, 0.1) is 5.58 Å². The third-order valence-electron chi connectivity index (χ3n) is 8.49. The third kappa shape index (κ3) is 7.51. The Morgan fingerprint density at radius 1 is 0.681 bits per heavy atom. The Balaban J connectivity index is 0.000000199. The number of fused-ring (bicyclic) bond motifs is 3. The maximum absolute atomic E-state index is 6.33. The molecule has 0 amide bonds. The average Bonchev–Trinajstić information content (AvgIpc) is 3.43. The second-order valence-electron chi connectivity index (χ2n) is 13.3. The van der Waals surface area contributed by atoms with Crippen LogP contribution in [0.2, 0.25) is 17.3 Å². The minimum atomic E-state index is -1.79. The fourth-order valence-corrected chi connectivity index (χ4v) is 9.54. The SMILES string of the molecule is CC(C)c1ccnc(-c2[c-]ccc3c2oc2cc(-c4ccccc4)ccc23)c1.Cc1ccc[c-]c1-c1cc(C)[c]([Ge]([CH3])([CH3])[CH3])cn1.[Ir]. The molecule has 7 aromatic rings. The Bertz CT molecular complexity index is 2140. The van der Waals surface area contributed by atoms with Gasteiger partial charge < -0.3 is 9.40 Å². The molecule has 0 aliphatic carbocycles. The summed E-state index contributed by atoms with van der Waals surface area (Å²) in [7, 11) is 0. The summed E-state index contributed by atoms with van der Waals surface area (Å²) in [5.41, 5.74) is 11.9. The van der Waals surface area contributed by atoms with E-state index in [4.69, 9.17) is 4.42 Å². The summed E-state index contributed by atoms with van der Waals surface area (Å²) in [6.07, 6.45) is 3.96. The number of nitrogens with zero attached hydrogens (tertiary/aromatic N) is 2. The summed E-state index contributed by atoms with van der Waals surface area (Å²) in [6, 6.07) is 39.9. The first-order valence-corrected chi connectivity index (χ1v) is 23.3. The van der Waals surface area contributed by atoms with Gasteiger partial charge in [-0.3, -0.25) is 0 Å². The van der Waals surface area contributed by atoms with Gasteiger partial charge in [-0.1, -0.05) is 78.9 Å². The van der Waals surface area contributed by atoms with E-state index in [1.807, 2.05) is 30.5 Å². The van der Waals surface area contributed by atoms with Crippen LogP contribution in [0.25, 0.3) is 55.6 Å². The molecule has 0 unspecified atom stereocenters. The Morgan fingerprint density at radius 2 is 1.43 bits per heavy atom. The van der Waals surface area contributed by atoms with Crippen molar-refractivity contribution in [3.05, 3.63) is 138 Å². The zero-order chi connectivity index (χ0) is 32.4. The van der Waals surface area contributed by atoms with Gasteiger partial charge in [0.25, 0.3) is 0 Å². The van der Waals surface area contributed by atoms with Gasteiger partial charge in [0.2, 0.25) is 0 Å². The van der Waals surface area contributed by atoms with Gasteiger partial charge in [0.1, 0.15) is 5.58 Å². The van der Waals surface area contributed by atoms with Crippen molar-refractivity contribution >= 4 is 39.6 Å². The monoisotopic (exact) mass is 855 g/mol. The Hall–Kier alpha value is -3.83. The maximum atomic E-state index is 6.33. The van der Waals surface area contributed by atoms with Crippen LogP contribution in [-0.2, 0) is 20.1 Å². The molecule has 3 nitrogen and oxygen atoms in total. The van der Waals surface area contributed by atoms with Crippen molar-refractivity contribution in [2.75, 3.05) is 0 Å². The number of benzene rings is 4. The van der Waals surface area contributed by atoms with E-state index in [1.54, 1.807) is 0 Å². The first kappa shape index (κ1) is 34.5. The molecule has 0 N–H and O–H groups in total. The summed E-state index contributed by atoms with van der Waals surface area (Å²) in [5.74, 6) is 7.67. The van der Waals surface area contributed by atoms with Crippen molar-refractivity contribution in [1.82, 2.24) is 9.97 Å². The van der Waals surface area contributed by atoms with Crippen LogP contribution in [-0.4, -0.2) is 23.2 Å². The fourth-order valence-electron chi connectivity index (χ4n) is 5.96. The zero-order valence-corrected chi connectivity index (χ0v) is 32.6. The Kier molecular flexibility index (Phi) is 10.7. The van der Waals surface area contributed by atoms with Crippen LogP contribution in [0, 0.1) is 26.0 Å². The van der Waals surface area contributed by atoms with Gasteiger partial charge in [-0.2, -0.15) is 0 Å². The van der Waals surface area contributed by atoms with Crippen LogP contribution in [0.3, 0.4) is 0 Å². The van der Waals surface area contributed by atoms with Crippen molar-refractivity contribution < 1.29 is 24.5 Å². The Labute approximate surface area is 295 Å². The molecule has 0 saturated carbocycles. The van der Waals surface area contributed by atoms with Crippen molar-refractivity contribution in [2.45, 2.75) is 50.9 Å². The van der Waals surface area contributed by atoms with E-state index >= 15 is 0 Å². The molecule has 0 fully saturated rings. The molecular formula is C42H40GeIrN2O-2. The largest absolute Gasteiger partial charge is 0 e. The van der Waals surface area contributed by atoms with Gasteiger partial charge in [0.15, 0.2) is 0 Å². The minimum absolute atomic E-state index is 0. The smallest absolute Gasteiger partial charge is 0 e. The average molecular weight is 854 g/mol. The third-order valence-corrected chi connectivity index (χ3v) is 13.0. The van der Waals surface area contributed by atoms with E-state index in [0.29, 0.717) is 5.92 Å². The number of aromatic nitrogens is 2. The summed E-state index contributed by atoms with van der Waals surface area (Å²) < 4.78 is 7.82. The van der Waals surface area contributed by atoms with Gasteiger partial charge in [0, 0.05) is 31.7 Å². The van der Waals surface area contributed by atoms with Crippen LogP contribution in [0.4, 0.5) is 0 Å². The molecule has 47 heavy (non-hydrogen) atoms. The van der Waals surface area contributed by atoms with Gasteiger partial charge >= 0.3 is 113 Å². The predicted molar refractivity (Wildman–Crippen MR) is 196 cm³/mol. The normalized spacial score (nSPS) is 11.3. The van der Waals surface area contributed by atoms with Gasteiger partial charge in [-0.25, -0.2) is 0 Å². The number of rotatable bonds is 5. The topological polar surface area (TPSA) is 38.9 Å². The van der Waals surface area contributed by atoms with Gasteiger partial charge in [-0.05, 0) is 34.9 Å². The molecule has 3 heterocycles. The molecular weight excluding hydrogens is 813 g/mol. The quantitative estimate of drug-likeness (QED) is 0.128. The van der Waals surface area contributed by atoms with Gasteiger partial charge in [-0.15, -0.1) is 18.2 Å². The van der Waals surface area contributed by atoms with Crippen LogP contribution < -0.4 is 4.40 Å².